The Morgan fingerprint density at radius 3 is 1.23 bits per heavy atom. The van der Waals surface area contributed by atoms with Crippen molar-refractivity contribution < 1.29 is 24.2 Å². The van der Waals surface area contributed by atoms with Crippen LogP contribution in [0.1, 0.15) is 206 Å². The Bertz CT molecular complexity index is 915. The van der Waals surface area contributed by atoms with Crippen molar-refractivity contribution in [2.45, 2.75) is 213 Å². The van der Waals surface area contributed by atoms with Crippen LogP contribution in [-0.2, 0) is 19.1 Å². The molecule has 0 fully saturated rings. The number of carbonyl (C=O) groups excluding carboxylic acids is 2. The number of esters is 2. The zero-order valence-corrected chi connectivity index (χ0v) is 34.1. The van der Waals surface area contributed by atoms with Gasteiger partial charge in [-0.15, -0.1) is 0 Å². The van der Waals surface area contributed by atoms with E-state index in [0.717, 1.165) is 57.8 Å². The molecule has 0 unspecified atom stereocenters. The lowest BCUT2D eigenvalue weighted by Gasteiger charge is -2.15. The van der Waals surface area contributed by atoms with Crippen LogP contribution < -0.4 is 0 Å². The highest BCUT2D eigenvalue weighted by atomic mass is 16.6. The minimum Gasteiger partial charge on any atom is -0.462 e. The predicted octanol–water partition coefficient (Wildman–Crippen LogP) is 14.0. The Morgan fingerprint density at radius 1 is 0.462 bits per heavy atom. The fourth-order valence-corrected chi connectivity index (χ4v) is 6.06. The van der Waals surface area contributed by atoms with Crippen molar-refractivity contribution in [2.75, 3.05) is 13.2 Å². The Hall–Kier alpha value is -2.40. The SMILES string of the molecule is CC/C=C/C/C=C/C/C=C/C/C=C/C/C=C/CCCC(=O)OC[C@H](CO)OC(=O)CCCCCCCCCCCCCCCCCCCCCCC. The van der Waals surface area contributed by atoms with Crippen LogP contribution in [0, 0.1) is 0 Å². The highest BCUT2D eigenvalue weighted by Gasteiger charge is 2.16. The summed E-state index contributed by atoms with van der Waals surface area (Å²) >= 11 is 0. The van der Waals surface area contributed by atoms with Gasteiger partial charge in [0.05, 0.1) is 6.61 Å². The van der Waals surface area contributed by atoms with Crippen LogP contribution in [0.3, 0.4) is 0 Å². The lowest BCUT2D eigenvalue weighted by molar-refractivity contribution is -0.161. The number of hydrogen-bond donors (Lipinski definition) is 1. The fourth-order valence-electron chi connectivity index (χ4n) is 6.06. The predicted molar refractivity (Wildman–Crippen MR) is 223 cm³/mol. The van der Waals surface area contributed by atoms with Crippen LogP contribution in [0.15, 0.2) is 60.8 Å². The molecule has 0 aliphatic heterocycles. The van der Waals surface area contributed by atoms with E-state index in [9.17, 15) is 14.7 Å². The van der Waals surface area contributed by atoms with Crippen molar-refractivity contribution in [3.8, 4) is 0 Å². The number of ether oxygens (including phenoxy) is 2. The number of carbonyl (C=O) groups is 2. The first-order valence-electron chi connectivity index (χ1n) is 21.8. The molecule has 0 bridgehead atoms. The number of unbranched alkanes of at least 4 members (excludes halogenated alkanes) is 21. The molecular weight excluding hydrogens is 645 g/mol. The van der Waals surface area contributed by atoms with Crippen LogP contribution in [0.2, 0.25) is 0 Å². The molecule has 52 heavy (non-hydrogen) atoms. The first kappa shape index (κ1) is 49.6. The van der Waals surface area contributed by atoms with Gasteiger partial charge in [-0.3, -0.25) is 9.59 Å². The Labute approximate surface area is 321 Å². The highest BCUT2D eigenvalue weighted by Crippen LogP contribution is 2.15. The molecule has 0 aromatic carbocycles. The Morgan fingerprint density at radius 2 is 0.827 bits per heavy atom. The van der Waals surface area contributed by atoms with Crippen LogP contribution in [-0.4, -0.2) is 36.4 Å². The molecule has 0 aromatic heterocycles. The Balaban J connectivity index is 3.59. The van der Waals surface area contributed by atoms with Gasteiger partial charge in [-0.1, -0.05) is 203 Å². The molecule has 0 heterocycles. The van der Waals surface area contributed by atoms with E-state index in [1.807, 2.05) is 0 Å². The van der Waals surface area contributed by atoms with E-state index in [1.54, 1.807) is 0 Å². The van der Waals surface area contributed by atoms with Gasteiger partial charge in [0.2, 0.25) is 0 Å². The van der Waals surface area contributed by atoms with Crippen molar-refractivity contribution in [1.82, 2.24) is 0 Å². The molecule has 0 amide bonds. The first-order chi connectivity index (χ1) is 25.6. The number of hydrogen-bond acceptors (Lipinski definition) is 5. The zero-order chi connectivity index (χ0) is 37.8. The summed E-state index contributed by atoms with van der Waals surface area (Å²) in [6.07, 6.45) is 55.9. The molecule has 0 radical (unpaired) electrons. The van der Waals surface area contributed by atoms with Gasteiger partial charge in [0.15, 0.2) is 6.10 Å². The topological polar surface area (TPSA) is 72.8 Å². The van der Waals surface area contributed by atoms with E-state index in [0.29, 0.717) is 19.3 Å². The maximum Gasteiger partial charge on any atom is 0.306 e. The van der Waals surface area contributed by atoms with Gasteiger partial charge in [0.1, 0.15) is 6.61 Å². The summed E-state index contributed by atoms with van der Waals surface area (Å²) in [4.78, 5) is 24.3. The van der Waals surface area contributed by atoms with E-state index >= 15 is 0 Å². The van der Waals surface area contributed by atoms with Gasteiger partial charge in [-0.2, -0.15) is 0 Å². The van der Waals surface area contributed by atoms with Gasteiger partial charge in [0, 0.05) is 12.8 Å². The maximum atomic E-state index is 12.2. The molecular formula is C47H82O5. The van der Waals surface area contributed by atoms with Crippen molar-refractivity contribution >= 4 is 11.9 Å². The van der Waals surface area contributed by atoms with Gasteiger partial charge in [0.25, 0.3) is 0 Å². The third-order valence-electron chi connectivity index (χ3n) is 9.33. The van der Waals surface area contributed by atoms with E-state index < -0.39 is 6.10 Å². The van der Waals surface area contributed by atoms with Crippen LogP contribution >= 0.6 is 0 Å². The lowest BCUT2D eigenvalue weighted by atomic mass is 10.0. The summed E-state index contributed by atoms with van der Waals surface area (Å²) in [6, 6.07) is 0. The van der Waals surface area contributed by atoms with Crippen molar-refractivity contribution in [1.29, 1.82) is 0 Å². The summed E-state index contributed by atoms with van der Waals surface area (Å²) in [5.41, 5.74) is 0. The number of allylic oxidation sites excluding steroid dienone is 10. The van der Waals surface area contributed by atoms with E-state index in [1.165, 1.54) is 116 Å². The smallest absolute Gasteiger partial charge is 0.306 e. The normalized spacial score (nSPS) is 12.8. The van der Waals surface area contributed by atoms with Crippen LogP contribution in [0.4, 0.5) is 0 Å². The largest absolute Gasteiger partial charge is 0.462 e. The quantitative estimate of drug-likeness (QED) is 0.0388. The van der Waals surface area contributed by atoms with Crippen molar-refractivity contribution in [2.24, 2.45) is 0 Å². The van der Waals surface area contributed by atoms with E-state index in [4.69, 9.17) is 9.47 Å². The van der Waals surface area contributed by atoms with Gasteiger partial charge < -0.3 is 14.6 Å². The molecule has 0 saturated carbocycles. The van der Waals surface area contributed by atoms with Crippen LogP contribution in [0.25, 0.3) is 0 Å². The molecule has 0 saturated heterocycles. The van der Waals surface area contributed by atoms with E-state index in [2.05, 4.69) is 74.6 Å². The second kappa shape index (κ2) is 43.0. The minimum absolute atomic E-state index is 0.0952. The summed E-state index contributed by atoms with van der Waals surface area (Å²) in [5.74, 6) is -0.655. The van der Waals surface area contributed by atoms with Crippen molar-refractivity contribution in [3.05, 3.63) is 60.8 Å². The second-order valence-electron chi connectivity index (χ2n) is 14.4. The molecule has 0 aliphatic carbocycles. The van der Waals surface area contributed by atoms with E-state index in [-0.39, 0.29) is 25.2 Å². The molecule has 1 N–H and O–H groups in total. The summed E-state index contributed by atoms with van der Waals surface area (Å²) in [6.45, 7) is 3.99. The minimum atomic E-state index is -0.794. The average molecular weight is 727 g/mol. The number of rotatable bonds is 39. The third kappa shape index (κ3) is 40.4. The molecule has 1 atom stereocenters. The van der Waals surface area contributed by atoms with Crippen LogP contribution in [0.5, 0.6) is 0 Å². The summed E-state index contributed by atoms with van der Waals surface area (Å²) in [5, 5.41) is 9.57. The molecule has 0 aliphatic rings. The molecule has 0 rings (SSSR count). The molecule has 300 valence electrons. The highest BCUT2D eigenvalue weighted by molar-refractivity contribution is 5.70. The average Bonchev–Trinajstić information content (AvgIpc) is 3.15. The fraction of sp³-hybridized carbons (Fsp3) is 0.745. The molecule has 5 nitrogen and oxygen atoms in total. The molecule has 0 spiro atoms. The van der Waals surface area contributed by atoms with Gasteiger partial charge >= 0.3 is 11.9 Å². The Kier molecular flexibility index (Phi) is 41.0. The first-order valence-corrected chi connectivity index (χ1v) is 21.8. The molecule has 5 heteroatoms. The lowest BCUT2D eigenvalue weighted by Crippen LogP contribution is -2.28. The van der Waals surface area contributed by atoms with Crippen molar-refractivity contribution in [3.63, 3.8) is 0 Å². The third-order valence-corrected chi connectivity index (χ3v) is 9.33. The summed E-state index contributed by atoms with van der Waals surface area (Å²) < 4.78 is 10.6. The number of aliphatic hydroxyl groups excluding tert-OH is 1. The monoisotopic (exact) mass is 727 g/mol. The number of aliphatic hydroxyl groups is 1. The summed E-state index contributed by atoms with van der Waals surface area (Å²) in [7, 11) is 0. The van der Waals surface area contributed by atoms with Gasteiger partial charge in [-0.05, 0) is 51.4 Å². The second-order valence-corrected chi connectivity index (χ2v) is 14.4. The molecule has 0 aromatic rings. The standard InChI is InChI=1S/C47H82O5/c1-3-5-7-9-11-13-15-17-19-21-22-23-24-26-28-30-32-34-36-38-40-42-47(50)52-45(43-48)44-51-46(49)41-39-37-35-33-31-29-27-25-20-18-16-14-12-10-8-6-4-2/h6,8,12,14,18,20,27,29,33,35,45,48H,3-5,7,9-11,13,15-17,19,21-26,28,30-32,34,36-44H2,1-2H3/b8-6+,14-12+,20-18+,29-27+,35-33+/t45-/m0/s1. The maximum absolute atomic E-state index is 12.2. The zero-order valence-electron chi connectivity index (χ0n) is 34.1. The van der Waals surface area contributed by atoms with Gasteiger partial charge in [-0.25, -0.2) is 0 Å².